The first kappa shape index (κ1) is 14.3. The highest BCUT2D eigenvalue weighted by Gasteiger charge is 2.38. The molecule has 1 aromatic rings. The molecule has 0 amide bonds. The molecule has 1 atom stereocenters. The Bertz CT molecular complexity index is 496. The van der Waals surface area contributed by atoms with E-state index in [1.807, 2.05) is 25.1 Å². The highest BCUT2D eigenvalue weighted by molar-refractivity contribution is 5.92. The summed E-state index contributed by atoms with van der Waals surface area (Å²) in [7, 11) is 0. The molecular formula is C16H23N3O2. The average molecular weight is 289 g/mol. The van der Waals surface area contributed by atoms with Crippen molar-refractivity contribution in [2.45, 2.75) is 38.7 Å². The number of nitrogens with zero attached hydrogens (tertiary/aromatic N) is 2. The quantitative estimate of drug-likeness (QED) is 0.569. The zero-order chi connectivity index (χ0) is 14.7. The standard InChI is InChI=1S/C16H23N3O2/c1-11-3-2-4-15(18-11)17-9-14(20)10-21-19-16(12-5-6-12)13-7-8-13/h2-4,12-14,20H,5-10H2,1H3,(H,17,18). The summed E-state index contributed by atoms with van der Waals surface area (Å²) in [6.07, 6.45) is 4.42. The number of nitrogens with one attached hydrogen (secondary N) is 1. The molecule has 2 aliphatic rings. The van der Waals surface area contributed by atoms with Crippen LogP contribution >= 0.6 is 0 Å². The van der Waals surface area contributed by atoms with Gasteiger partial charge in [-0.25, -0.2) is 4.98 Å². The second kappa shape index (κ2) is 6.43. The maximum atomic E-state index is 9.92. The van der Waals surface area contributed by atoms with E-state index < -0.39 is 6.10 Å². The molecule has 0 radical (unpaired) electrons. The number of anilines is 1. The van der Waals surface area contributed by atoms with Crippen molar-refractivity contribution in [3.63, 3.8) is 0 Å². The van der Waals surface area contributed by atoms with Crippen LogP contribution in [0.25, 0.3) is 0 Å². The van der Waals surface area contributed by atoms with Crippen molar-refractivity contribution in [3.8, 4) is 0 Å². The summed E-state index contributed by atoms with van der Waals surface area (Å²) >= 11 is 0. The topological polar surface area (TPSA) is 66.7 Å². The number of aliphatic hydroxyl groups excluding tert-OH is 1. The first-order valence-electron chi connectivity index (χ1n) is 7.77. The third-order valence-corrected chi connectivity index (χ3v) is 3.84. The highest BCUT2D eigenvalue weighted by atomic mass is 16.6. The Balaban J connectivity index is 1.40. The lowest BCUT2D eigenvalue weighted by Crippen LogP contribution is -2.24. The average Bonchev–Trinajstić information content (AvgIpc) is 3.35. The third kappa shape index (κ3) is 4.43. The van der Waals surface area contributed by atoms with Gasteiger partial charge in [-0.05, 0) is 44.7 Å². The Hall–Kier alpha value is -1.62. The van der Waals surface area contributed by atoms with Crippen LogP contribution in [0.4, 0.5) is 5.82 Å². The van der Waals surface area contributed by atoms with E-state index in [-0.39, 0.29) is 6.61 Å². The van der Waals surface area contributed by atoms with E-state index in [9.17, 15) is 5.11 Å². The normalized spacial score (nSPS) is 19.0. The summed E-state index contributed by atoms with van der Waals surface area (Å²) in [6, 6.07) is 5.77. The van der Waals surface area contributed by atoms with Crippen LogP contribution in [0.2, 0.25) is 0 Å². The number of pyridine rings is 1. The maximum absolute atomic E-state index is 9.92. The van der Waals surface area contributed by atoms with Gasteiger partial charge in [-0.1, -0.05) is 11.2 Å². The molecule has 5 nitrogen and oxygen atoms in total. The predicted octanol–water partition coefficient (Wildman–Crippen LogP) is 2.36. The molecule has 114 valence electrons. The van der Waals surface area contributed by atoms with Gasteiger partial charge in [0.2, 0.25) is 0 Å². The molecule has 1 heterocycles. The van der Waals surface area contributed by atoms with Crippen LogP contribution in [0.15, 0.2) is 23.4 Å². The fourth-order valence-electron chi connectivity index (χ4n) is 2.36. The summed E-state index contributed by atoms with van der Waals surface area (Å²) in [5.74, 6) is 2.09. The Morgan fingerprint density at radius 3 is 2.71 bits per heavy atom. The van der Waals surface area contributed by atoms with Crippen LogP contribution in [0.3, 0.4) is 0 Å². The van der Waals surface area contributed by atoms with Gasteiger partial charge in [0.25, 0.3) is 0 Å². The van der Waals surface area contributed by atoms with Crippen LogP contribution < -0.4 is 5.32 Å². The number of hydrogen-bond acceptors (Lipinski definition) is 5. The monoisotopic (exact) mass is 289 g/mol. The summed E-state index contributed by atoms with van der Waals surface area (Å²) in [4.78, 5) is 9.68. The Kier molecular flexibility index (Phi) is 4.39. The number of rotatable bonds is 8. The fourth-order valence-corrected chi connectivity index (χ4v) is 2.36. The van der Waals surface area contributed by atoms with E-state index in [4.69, 9.17) is 4.84 Å². The van der Waals surface area contributed by atoms with E-state index in [2.05, 4.69) is 15.5 Å². The van der Waals surface area contributed by atoms with Crippen LogP contribution in [0.1, 0.15) is 31.4 Å². The van der Waals surface area contributed by atoms with Gasteiger partial charge in [-0.15, -0.1) is 0 Å². The summed E-state index contributed by atoms with van der Waals surface area (Å²) in [5, 5.41) is 17.3. The fraction of sp³-hybridized carbons (Fsp3) is 0.625. The zero-order valence-electron chi connectivity index (χ0n) is 12.5. The second-order valence-electron chi connectivity index (χ2n) is 6.06. The molecule has 1 unspecified atom stereocenters. The van der Waals surface area contributed by atoms with Crippen molar-refractivity contribution < 1.29 is 9.94 Å². The van der Waals surface area contributed by atoms with Crippen LogP contribution in [-0.4, -0.2) is 35.1 Å². The molecular weight excluding hydrogens is 266 g/mol. The molecule has 1 aromatic heterocycles. The van der Waals surface area contributed by atoms with Crippen molar-refractivity contribution in [2.75, 3.05) is 18.5 Å². The molecule has 0 saturated heterocycles. The lowest BCUT2D eigenvalue weighted by Gasteiger charge is -2.12. The van der Waals surface area contributed by atoms with E-state index in [1.54, 1.807) is 0 Å². The van der Waals surface area contributed by atoms with Crippen molar-refractivity contribution in [1.82, 2.24) is 4.98 Å². The molecule has 2 saturated carbocycles. The van der Waals surface area contributed by atoms with Gasteiger partial charge in [0, 0.05) is 24.1 Å². The van der Waals surface area contributed by atoms with E-state index in [1.165, 1.54) is 31.4 Å². The first-order chi connectivity index (χ1) is 10.2. The van der Waals surface area contributed by atoms with Gasteiger partial charge >= 0.3 is 0 Å². The van der Waals surface area contributed by atoms with Crippen LogP contribution in [-0.2, 0) is 4.84 Å². The highest BCUT2D eigenvalue weighted by Crippen LogP contribution is 2.42. The molecule has 21 heavy (non-hydrogen) atoms. The predicted molar refractivity (Wildman–Crippen MR) is 82.3 cm³/mol. The van der Waals surface area contributed by atoms with Crippen molar-refractivity contribution in [1.29, 1.82) is 0 Å². The third-order valence-electron chi connectivity index (χ3n) is 3.84. The molecule has 5 heteroatoms. The molecule has 3 rings (SSSR count). The van der Waals surface area contributed by atoms with Gasteiger partial charge in [0.05, 0.1) is 5.71 Å². The minimum absolute atomic E-state index is 0.224. The van der Waals surface area contributed by atoms with Crippen molar-refractivity contribution in [3.05, 3.63) is 23.9 Å². The number of oxime groups is 1. The van der Waals surface area contributed by atoms with Gasteiger partial charge in [0.1, 0.15) is 18.5 Å². The number of aryl methyl sites for hydroxylation is 1. The molecule has 0 aromatic carbocycles. The molecule has 0 aliphatic heterocycles. The Morgan fingerprint density at radius 2 is 2.10 bits per heavy atom. The SMILES string of the molecule is Cc1cccc(NCC(O)CON=C(C2CC2)C2CC2)n1. The lowest BCUT2D eigenvalue weighted by molar-refractivity contribution is 0.0461. The molecule has 2 fully saturated rings. The number of aromatic nitrogens is 1. The number of hydrogen-bond donors (Lipinski definition) is 2. The van der Waals surface area contributed by atoms with E-state index in [0.717, 1.165) is 11.5 Å². The Labute approximate surface area is 125 Å². The minimum Gasteiger partial charge on any atom is -0.393 e. The maximum Gasteiger partial charge on any atom is 0.144 e. The molecule has 0 bridgehead atoms. The second-order valence-corrected chi connectivity index (χ2v) is 6.06. The Morgan fingerprint density at radius 1 is 1.38 bits per heavy atom. The smallest absolute Gasteiger partial charge is 0.144 e. The van der Waals surface area contributed by atoms with E-state index in [0.29, 0.717) is 18.4 Å². The lowest BCUT2D eigenvalue weighted by atomic mass is 10.2. The van der Waals surface area contributed by atoms with Crippen LogP contribution in [0.5, 0.6) is 0 Å². The summed E-state index contributed by atoms with van der Waals surface area (Å²) in [6.45, 7) is 2.58. The summed E-state index contributed by atoms with van der Waals surface area (Å²) in [5.41, 5.74) is 2.18. The van der Waals surface area contributed by atoms with Gasteiger partial charge in [-0.2, -0.15) is 0 Å². The van der Waals surface area contributed by atoms with Crippen molar-refractivity contribution >= 4 is 11.5 Å². The van der Waals surface area contributed by atoms with Crippen molar-refractivity contribution in [2.24, 2.45) is 17.0 Å². The van der Waals surface area contributed by atoms with E-state index >= 15 is 0 Å². The first-order valence-corrected chi connectivity index (χ1v) is 7.77. The van der Waals surface area contributed by atoms with Gasteiger partial charge in [-0.3, -0.25) is 0 Å². The zero-order valence-corrected chi connectivity index (χ0v) is 12.5. The molecule has 0 spiro atoms. The number of aliphatic hydroxyl groups is 1. The largest absolute Gasteiger partial charge is 0.393 e. The minimum atomic E-state index is -0.587. The van der Waals surface area contributed by atoms with Gasteiger partial charge in [0.15, 0.2) is 0 Å². The van der Waals surface area contributed by atoms with Crippen LogP contribution in [0, 0.1) is 18.8 Å². The molecule has 2 N–H and O–H groups in total. The summed E-state index contributed by atoms with van der Waals surface area (Å²) < 4.78 is 0. The molecule has 2 aliphatic carbocycles. The van der Waals surface area contributed by atoms with Gasteiger partial charge < -0.3 is 15.3 Å².